The van der Waals surface area contributed by atoms with Crippen LogP contribution < -0.4 is 0 Å². The highest BCUT2D eigenvalue weighted by Gasteiger charge is 2.21. The van der Waals surface area contributed by atoms with Crippen LogP contribution in [-0.4, -0.2) is 0 Å². The second kappa shape index (κ2) is 13.7. The zero-order chi connectivity index (χ0) is 24.3. The molecule has 2 aromatic carbocycles. The molecule has 0 radical (unpaired) electrons. The lowest BCUT2D eigenvalue weighted by molar-refractivity contribution is 0.319. The standard InChI is InChI=1S/C35H46/c1-3-5-6-9-29-14-22-34(23-15-29)35-26-18-31(19-27-35)11-8-7-10-30-16-24-33(25-17-30)32-20-12-28(4-2)13-21-32/h8,11,14-17,22-25,28,31-32,35H,3-6,9,12-13,18-21,26-27H2,1-2H3/b11-8+/t28-,31-,32-,35-. The average molecular weight is 467 g/mol. The van der Waals surface area contributed by atoms with Gasteiger partial charge in [0.1, 0.15) is 0 Å². The lowest BCUT2D eigenvalue weighted by atomic mass is 9.78. The second-order valence-electron chi connectivity index (χ2n) is 11.2. The van der Waals surface area contributed by atoms with Crippen molar-refractivity contribution >= 4 is 0 Å². The molecule has 0 aliphatic heterocycles. The molecule has 4 rings (SSSR count). The smallest absolute Gasteiger partial charge is 0.0249 e. The van der Waals surface area contributed by atoms with Crippen molar-refractivity contribution < 1.29 is 0 Å². The van der Waals surface area contributed by atoms with Crippen LogP contribution in [0.25, 0.3) is 0 Å². The number of rotatable bonds is 8. The normalized spacial score (nSPS) is 24.7. The predicted octanol–water partition coefficient (Wildman–Crippen LogP) is 9.98. The highest BCUT2D eigenvalue weighted by atomic mass is 14.3. The van der Waals surface area contributed by atoms with Gasteiger partial charge in [-0.25, -0.2) is 0 Å². The molecule has 0 bridgehead atoms. The zero-order valence-electron chi connectivity index (χ0n) is 22.3. The minimum Gasteiger partial charge on any atom is -0.0730 e. The quantitative estimate of drug-likeness (QED) is 0.268. The van der Waals surface area contributed by atoms with E-state index >= 15 is 0 Å². The fourth-order valence-corrected chi connectivity index (χ4v) is 6.23. The molecule has 35 heavy (non-hydrogen) atoms. The van der Waals surface area contributed by atoms with Crippen LogP contribution in [0.1, 0.15) is 125 Å². The number of hydrogen-bond donors (Lipinski definition) is 0. The maximum atomic E-state index is 3.35. The largest absolute Gasteiger partial charge is 0.0730 e. The van der Waals surface area contributed by atoms with Crippen molar-refractivity contribution in [2.45, 2.75) is 109 Å². The van der Waals surface area contributed by atoms with Gasteiger partial charge < -0.3 is 0 Å². The molecule has 0 amide bonds. The molecule has 0 heteroatoms. The second-order valence-corrected chi connectivity index (χ2v) is 11.2. The van der Waals surface area contributed by atoms with Crippen molar-refractivity contribution in [3.63, 3.8) is 0 Å². The molecule has 186 valence electrons. The summed E-state index contributed by atoms with van der Waals surface area (Å²) in [6.45, 7) is 4.62. The van der Waals surface area contributed by atoms with Crippen molar-refractivity contribution in [2.24, 2.45) is 11.8 Å². The van der Waals surface area contributed by atoms with Crippen molar-refractivity contribution in [3.05, 3.63) is 82.9 Å². The summed E-state index contributed by atoms with van der Waals surface area (Å²) >= 11 is 0. The molecule has 2 aromatic rings. The summed E-state index contributed by atoms with van der Waals surface area (Å²) in [5.74, 6) is 9.81. The van der Waals surface area contributed by atoms with Gasteiger partial charge in [-0.3, -0.25) is 0 Å². The van der Waals surface area contributed by atoms with Crippen LogP contribution in [0.4, 0.5) is 0 Å². The highest BCUT2D eigenvalue weighted by molar-refractivity contribution is 5.39. The first-order valence-corrected chi connectivity index (χ1v) is 14.6. The first kappa shape index (κ1) is 25.8. The molecule has 2 fully saturated rings. The molecule has 0 aromatic heterocycles. The monoisotopic (exact) mass is 466 g/mol. The maximum absolute atomic E-state index is 3.35. The van der Waals surface area contributed by atoms with Gasteiger partial charge in [0, 0.05) is 5.56 Å². The van der Waals surface area contributed by atoms with Gasteiger partial charge in [-0.15, -0.1) is 0 Å². The third-order valence-corrected chi connectivity index (χ3v) is 8.77. The molecule has 0 heterocycles. The number of hydrogen-bond acceptors (Lipinski definition) is 0. The molecule has 0 nitrogen and oxygen atoms in total. The molecular formula is C35H46. The van der Waals surface area contributed by atoms with Crippen molar-refractivity contribution in [3.8, 4) is 11.8 Å². The van der Waals surface area contributed by atoms with E-state index < -0.39 is 0 Å². The Morgan fingerprint density at radius 2 is 1.31 bits per heavy atom. The number of unbranched alkanes of at least 4 members (excludes halogenated alkanes) is 2. The number of benzene rings is 2. The Labute approximate surface area is 215 Å². The van der Waals surface area contributed by atoms with E-state index in [9.17, 15) is 0 Å². The third-order valence-electron chi connectivity index (χ3n) is 8.77. The van der Waals surface area contributed by atoms with Gasteiger partial charge >= 0.3 is 0 Å². The third kappa shape index (κ3) is 7.87. The van der Waals surface area contributed by atoms with Crippen LogP contribution in [0.3, 0.4) is 0 Å². The summed E-state index contributed by atoms with van der Waals surface area (Å²) in [4.78, 5) is 0. The van der Waals surface area contributed by atoms with Gasteiger partial charge in [0.2, 0.25) is 0 Å². The molecule has 2 aliphatic rings. The summed E-state index contributed by atoms with van der Waals surface area (Å²) in [5.41, 5.74) is 5.71. The maximum Gasteiger partial charge on any atom is 0.0249 e. The van der Waals surface area contributed by atoms with Gasteiger partial charge in [0.05, 0.1) is 0 Å². The minimum absolute atomic E-state index is 0.689. The summed E-state index contributed by atoms with van der Waals surface area (Å²) in [7, 11) is 0. The van der Waals surface area contributed by atoms with Gasteiger partial charge in [-0.05, 0) is 123 Å². The topological polar surface area (TPSA) is 0 Å². The van der Waals surface area contributed by atoms with E-state index in [-0.39, 0.29) is 0 Å². The van der Waals surface area contributed by atoms with E-state index in [0.717, 1.165) is 23.3 Å². The highest BCUT2D eigenvalue weighted by Crippen LogP contribution is 2.37. The first-order valence-electron chi connectivity index (χ1n) is 14.6. The molecule has 0 N–H and O–H groups in total. The van der Waals surface area contributed by atoms with Crippen LogP contribution >= 0.6 is 0 Å². The fourth-order valence-electron chi connectivity index (χ4n) is 6.23. The Balaban J connectivity index is 1.20. The SMILES string of the molecule is CCCCCc1ccc([C@H]2CC[C@H](/C=C/C#Cc3ccc([C@H]4CC[C@H](CC)CC4)cc3)CC2)cc1. The molecule has 0 spiro atoms. The lowest BCUT2D eigenvalue weighted by Crippen LogP contribution is -2.12. The first-order chi connectivity index (χ1) is 17.2. The van der Waals surface area contributed by atoms with E-state index in [1.54, 1.807) is 5.56 Å². The molecular weight excluding hydrogens is 420 g/mol. The van der Waals surface area contributed by atoms with Crippen LogP contribution in [0.15, 0.2) is 60.7 Å². The van der Waals surface area contributed by atoms with Crippen LogP contribution in [-0.2, 0) is 6.42 Å². The van der Waals surface area contributed by atoms with Gasteiger partial charge in [0.15, 0.2) is 0 Å². The fraction of sp³-hybridized carbons (Fsp3) is 0.543. The molecule has 2 saturated carbocycles. The Morgan fingerprint density at radius 3 is 1.91 bits per heavy atom. The Morgan fingerprint density at radius 1 is 0.714 bits per heavy atom. The van der Waals surface area contributed by atoms with E-state index in [0.29, 0.717) is 5.92 Å². The van der Waals surface area contributed by atoms with Gasteiger partial charge in [-0.2, -0.15) is 0 Å². The summed E-state index contributed by atoms with van der Waals surface area (Å²) in [6, 6.07) is 18.6. The van der Waals surface area contributed by atoms with Gasteiger partial charge in [0.25, 0.3) is 0 Å². The number of aryl methyl sites for hydroxylation is 1. The zero-order valence-corrected chi connectivity index (χ0v) is 22.3. The molecule has 0 saturated heterocycles. The van der Waals surface area contributed by atoms with Crippen LogP contribution in [0, 0.1) is 23.7 Å². The average Bonchev–Trinajstić information content (AvgIpc) is 2.92. The lowest BCUT2D eigenvalue weighted by Gasteiger charge is -2.28. The van der Waals surface area contributed by atoms with E-state index in [1.165, 1.54) is 94.6 Å². The van der Waals surface area contributed by atoms with E-state index in [4.69, 9.17) is 0 Å². The van der Waals surface area contributed by atoms with E-state index in [1.807, 2.05) is 0 Å². The van der Waals surface area contributed by atoms with Gasteiger partial charge in [-0.1, -0.05) is 87.4 Å². The predicted molar refractivity (Wildman–Crippen MR) is 152 cm³/mol. The molecule has 0 atom stereocenters. The van der Waals surface area contributed by atoms with Crippen molar-refractivity contribution in [2.75, 3.05) is 0 Å². The van der Waals surface area contributed by atoms with Crippen molar-refractivity contribution in [1.29, 1.82) is 0 Å². The van der Waals surface area contributed by atoms with Crippen LogP contribution in [0.2, 0.25) is 0 Å². The summed E-state index contributed by atoms with van der Waals surface area (Å²) in [5, 5.41) is 0. The minimum atomic E-state index is 0.689. The Hall–Kier alpha value is -2.26. The Kier molecular flexibility index (Phi) is 10.1. The van der Waals surface area contributed by atoms with Crippen LogP contribution in [0.5, 0.6) is 0 Å². The molecule has 2 aliphatic carbocycles. The van der Waals surface area contributed by atoms with E-state index in [2.05, 4.69) is 86.4 Å². The number of allylic oxidation sites excluding steroid dienone is 2. The summed E-state index contributed by atoms with van der Waals surface area (Å²) < 4.78 is 0. The Bertz CT molecular complexity index is 949. The molecule has 0 unspecified atom stereocenters. The summed E-state index contributed by atoms with van der Waals surface area (Å²) in [6.07, 6.45) is 21.7. The van der Waals surface area contributed by atoms with Crippen molar-refractivity contribution in [1.82, 2.24) is 0 Å².